The largest absolute Gasteiger partial charge is 0.469 e. The van der Waals surface area contributed by atoms with E-state index < -0.39 is 0 Å². The second-order valence-electron chi connectivity index (χ2n) is 5.34. The van der Waals surface area contributed by atoms with Crippen LogP contribution < -0.4 is 5.32 Å². The second-order valence-corrected chi connectivity index (χ2v) is 5.34. The molecular weight excluding hydrogens is 216 g/mol. The van der Waals surface area contributed by atoms with E-state index in [1.807, 2.05) is 0 Å². The van der Waals surface area contributed by atoms with Crippen LogP contribution in [0.4, 0.5) is 0 Å². The average Bonchev–Trinajstić information content (AvgIpc) is 3.09. The maximum atomic E-state index is 11.0. The molecule has 0 bridgehead atoms. The second kappa shape index (κ2) is 5.83. The molecule has 0 radical (unpaired) electrons. The van der Waals surface area contributed by atoms with Crippen LogP contribution in [0, 0.1) is 0 Å². The smallest absolute Gasteiger partial charge is 0.305 e. The van der Waals surface area contributed by atoms with Crippen molar-refractivity contribution >= 4 is 5.97 Å². The number of ether oxygens (including phenoxy) is 1. The minimum Gasteiger partial charge on any atom is -0.469 e. The van der Waals surface area contributed by atoms with Gasteiger partial charge >= 0.3 is 5.97 Å². The lowest BCUT2D eigenvalue weighted by molar-refractivity contribution is -0.140. The lowest BCUT2D eigenvalue weighted by atomic mass is 10.2. The predicted octanol–water partition coefficient (Wildman–Crippen LogP) is 1.15. The highest BCUT2D eigenvalue weighted by Crippen LogP contribution is 2.33. The minimum atomic E-state index is -0.105. The van der Waals surface area contributed by atoms with Crippen molar-refractivity contribution in [2.75, 3.05) is 20.2 Å². The monoisotopic (exact) mass is 240 g/mol. The van der Waals surface area contributed by atoms with E-state index in [9.17, 15) is 4.79 Å². The molecule has 1 saturated carbocycles. The van der Waals surface area contributed by atoms with Gasteiger partial charge in [0.05, 0.1) is 7.11 Å². The van der Waals surface area contributed by atoms with Gasteiger partial charge in [-0.3, -0.25) is 9.69 Å². The Kier molecular flexibility index (Phi) is 4.40. The van der Waals surface area contributed by atoms with Crippen LogP contribution in [0.15, 0.2) is 0 Å². The Morgan fingerprint density at radius 1 is 1.47 bits per heavy atom. The number of hydrogen-bond acceptors (Lipinski definition) is 4. The zero-order valence-corrected chi connectivity index (χ0v) is 10.9. The SMILES string of the molecule is COC(=O)CCCNC1CC(C)N(C2CC2)C1. The molecule has 1 saturated heterocycles. The van der Waals surface area contributed by atoms with Gasteiger partial charge in [-0.2, -0.15) is 0 Å². The van der Waals surface area contributed by atoms with Gasteiger partial charge in [-0.25, -0.2) is 0 Å². The van der Waals surface area contributed by atoms with Crippen molar-refractivity contribution in [3.63, 3.8) is 0 Å². The van der Waals surface area contributed by atoms with Gasteiger partial charge in [0, 0.05) is 31.1 Å². The van der Waals surface area contributed by atoms with Crippen LogP contribution in [-0.4, -0.2) is 49.2 Å². The lowest BCUT2D eigenvalue weighted by Gasteiger charge is -2.19. The zero-order chi connectivity index (χ0) is 12.3. The molecule has 1 aliphatic carbocycles. The van der Waals surface area contributed by atoms with Crippen molar-refractivity contribution < 1.29 is 9.53 Å². The first-order valence-corrected chi connectivity index (χ1v) is 6.76. The molecule has 0 amide bonds. The Morgan fingerprint density at radius 2 is 2.24 bits per heavy atom. The third-order valence-corrected chi connectivity index (χ3v) is 3.86. The molecule has 2 atom stereocenters. The first-order chi connectivity index (χ1) is 8.20. The average molecular weight is 240 g/mol. The van der Waals surface area contributed by atoms with E-state index in [1.54, 1.807) is 0 Å². The highest BCUT2D eigenvalue weighted by Gasteiger charge is 2.38. The fraction of sp³-hybridized carbons (Fsp3) is 0.923. The van der Waals surface area contributed by atoms with Crippen LogP contribution >= 0.6 is 0 Å². The molecule has 1 heterocycles. The molecule has 1 N–H and O–H groups in total. The molecule has 98 valence electrons. The van der Waals surface area contributed by atoms with E-state index in [1.165, 1.54) is 32.9 Å². The Labute approximate surface area is 104 Å². The van der Waals surface area contributed by atoms with E-state index >= 15 is 0 Å². The predicted molar refractivity (Wildman–Crippen MR) is 66.8 cm³/mol. The molecule has 0 aromatic rings. The first-order valence-electron chi connectivity index (χ1n) is 6.76. The van der Waals surface area contributed by atoms with Gasteiger partial charge < -0.3 is 10.1 Å². The normalized spacial score (nSPS) is 29.5. The van der Waals surface area contributed by atoms with Crippen molar-refractivity contribution in [2.24, 2.45) is 0 Å². The van der Waals surface area contributed by atoms with Crippen LogP contribution in [-0.2, 0) is 9.53 Å². The van der Waals surface area contributed by atoms with Gasteiger partial charge in [-0.15, -0.1) is 0 Å². The lowest BCUT2D eigenvalue weighted by Crippen LogP contribution is -2.34. The van der Waals surface area contributed by atoms with Crippen molar-refractivity contribution in [1.29, 1.82) is 0 Å². The Hall–Kier alpha value is -0.610. The summed E-state index contributed by atoms with van der Waals surface area (Å²) >= 11 is 0. The zero-order valence-electron chi connectivity index (χ0n) is 10.9. The third kappa shape index (κ3) is 3.68. The molecule has 4 heteroatoms. The van der Waals surface area contributed by atoms with Crippen molar-refractivity contribution in [2.45, 2.75) is 57.2 Å². The highest BCUT2D eigenvalue weighted by atomic mass is 16.5. The molecule has 2 fully saturated rings. The summed E-state index contributed by atoms with van der Waals surface area (Å²) in [4.78, 5) is 13.6. The van der Waals surface area contributed by atoms with Crippen LogP contribution in [0.2, 0.25) is 0 Å². The molecule has 2 unspecified atom stereocenters. The third-order valence-electron chi connectivity index (χ3n) is 3.86. The number of likely N-dealkylation sites (tertiary alicyclic amines) is 1. The van der Waals surface area contributed by atoms with E-state index in [2.05, 4.69) is 21.9 Å². The number of carbonyl (C=O) groups excluding carboxylic acids is 1. The van der Waals surface area contributed by atoms with Crippen LogP contribution in [0.1, 0.15) is 39.0 Å². The van der Waals surface area contributed by atoms with Gasteiger partial charge in [-0.05, 0) is 39.2 Å². The number of hydrogen-bond donors (Lipinski definition) is 1. The fourth-order valence-corrected chi connectivity index (χ4v) is 2.76. The molecule has 4 nitrogen and oxygen atoms in total. The number of nitrogens with one attached hydrogen (secondary N) is 1. The van der Waals surface area contributed by atoms with E-state index in [0.717, 1.165) is 25.0 Å². The molecule has 2 aliphatic rings. The summed E-state index contributed by atoms with van der Waals surface area (Å²) in [6.45, 7) is 4.43. The summed E-state index contributed by atoms with van der Waals surface area (Å²) in [5.74, 6) is -0.105. The van der Waals surface area contributed by atoms with Crippen LogP contribution in [0.5, 0.6) is 0 Å². The number of rotatable bonds is 6. The maximum Gasteiger partial charge on any atom is 0.305 e. The highest BCUT2D eigenvalue weighted by molar-refractivity contribution is 5.69. The summed E-state index contributed by atoms with van der Waals surface area (Å²) in [6.07, 6.45) is 5.42. The first kappa shape index (κ1) is 12.8. The van der Waals surface area contributed by atoms with Crippen molar-refractivity contribution in [3.8, 4) is 0 Å². The summed E-state index contributed by atoms with van der Waals surface area (Å²) in [6, 6.07) is 2.20. The van der Waals surface area contributed by atoms with E-state index in [0.29, 0.717) is 12.5 Å². The number of methoxy groups -OCH3 is 1. The maximum absolute atomic E-state index is 11.0. The Bertz CT molecular complexity index is 266. The van der Waals surface area contributed by atoms with Gasteiger partial charge in [0.15, 0.2) is 0 Å². The summed E-state index contributed by atoms with van der Waals surface area (Å²) in [7, 11) is 1.45. The van der Waals surface area contributed by atoms with E-state index in [-0.39, 0.29) is 5.97 Å². The molecule has 1 aliphatic heterocycles. The minimum absolute atomic E-state index is 0.105. The molecule has 17 heavy (non-hydrogen) atoms. The van der Waals surface area contributed by atoms with Crippen LogP contribution in [0.25, 0.3) is 0 Å². The Morgan fingerprint density at radius 3 is 2.88 bits per heavy atom. The molecular formula is C13H24N2O2. The van der Waals surface area contributed by atoms with Gasteiger partial charge in [0.1, 0.15) is 0 Å². The van der Waals surface area contributed by atoms with Gasteiger partial charge in [0.25, 0.3) is 0 Å². The fourth-order valence-electron chi connectivity index (χ4n) is 2.76. The molecule has 0 spiro atoms. The summed E-state index contributed by atoms with van der Waals surface area (Å²) in [5.41, 5.74) is 0. The molecule has 0 aromatic heterocycles. The topological polar surface area (TPSA) is 41.6 Å². The van der Waals surface area contributed by atoms with Crippen molar-refractivity contribution in [1.82, 2.24) is 10.2 Å². The van der Waals surface area contributed by atoms with Crippen LogP contribution in [0.3, 0.4) is 0 Å². The standard InChI is InChI=1S/C13H24N2O2/c1-10-8-11(9-15(10)12-5-6-12)14-7-3-4-13(16)17-2/h10-12,14H,3-9H2,1-2H3. The van der Waals surface area contributed by atoms with E-state index in [4.69, 9.17) is 0 Å². The summed E-state index contributed by atoms with van der Waals surface area (Å²) in [5, 5.41) is 3.55. The molecule has 2 rings (SSSR count). The number of nitrogens with zero attached hydrogens (tertiary/aromatic N) is 1. The number of esters is 1. The van der Waals surface area contributed by atoms with Gasteiger partial charge in [-0.1, -0.05) is 0 Å². The van der Waals surface area contributed by atoms with Gasteiger partial charge in [0.2, 0.25) is 0 Å². The molecule has 0 aromatic carbocycles. The number of carbonyl (C=O) groups is 1. The van der Waals surface area contributed by atoms with Crippen molar-refractivity contribution in [3.05, 3.63) is 0 Å². The summed E-state index contributed by atoms with van der Waals surface area (Å²) < 4.78 is 4.62. The Balaban J connectivity index is 1.59. The quantitative estimate of drug-likeness (QED) is 0.559.